The molecule has 0 saturated carbocycles. The zero-order valence-electron chi connectivity index (χ0n) is 19.5. The Labute approximate surface area is 198 Å². The van der Waals surface area contributed by atoms with E-state index in [1.807, 2.05) is 24.5 Å². The van der Waals surface area contributed by atoms with E-state index in [-0.39, 0.29) is 5.82 Å². The first kappa shape index (κ1) is 21.4. The number of aryl methyl sites for hydroxylation is 1. The molecule has 2 aromatic heterocycles. The summed E-state index contributed by atoms with van der Waals surface area (Å²) < 4.78 is 16.2. The molecule has 9 nitrogen and oxygen atoms in total. The molecule has 0 atom stereocenters. The third kappa shape index (κ3) is 4.00. The number of aromatic nitrogens is 6. The fraction of sp³-hybridized carbons (Fsp3) is 0.542. The fourth-order valence-electron chi connectivity index (χ4n) is 5.71. The third-order valence-electron chi connectivity index (χ3n) is 7.57. The number of benzene rings is 1. The number of hydrogen-bond donors (Lipinski definition) is 0. The molecule has 178 valence electrons. The van der Waals surface area contributed by atoms with Crippen molar-refractivity contribution in [3.8, 4) is 5.69 Å². The lowest BCUT2D eigenvalue weighted by Crippen LogP contribution is -2.72. The summed E-state index contributed by atoms with van der Waals surface area (Å²) in [6, 6.07) is 5.20. The molecule has 1 aromatic carbocycles. The average Bonchev–Trinajstić information content (AvgIpc) is 3.36. The Morgan fingerprint density at radius 3 is 2.44 bits per heavy atom. The molecule has 10 heteroatoms. The summed E-state index contributed by atoms with van der Waals surface area (Å²) in [6.45, 7) is 9.44. The lowest BCUT2D eigenvalue weighted by atomic mass is 9.72. The minimum Gasteiger partial charge on any atom is -0.368 e. The molecule has 5 heterocycles. The van der Waals surface area contributed by atoms with Crippen molar-refractivity contribution in [2.45, 2.75) is 26.2 Å². The molecule has 3 aliphatic rings. The number of halogens is 1. The van der Waals surface area contributed by atoms with Crippen molar-refractivity contribution in [2.24, 2.45) is 11.3 Å². The van der Waals surface area contributed by atoms with Crippen LogP contribution in [0.2, 0.25) is 0 Å². The lowest BCUT2D eigenvalue weighted by Gasteiger charge is -2.61. The van der Waals surface area contributed by atoms with Crippen molar-refractivity contribution in [2.75, 3.05) is 55.6 Å². The first-order valence-corrected chi connectivity index (χ1v) is 12.2. The maximum absolute atomic E-state index is 14.7. The van der Waals surface area contributed by atoms with Gasteiger partial charge in [0, 0.05) is 69.7 Å². The first-order valence-electron chi connectivity index (χ1n) is 12.2. The summed E-state index contributed by atoms with van der Waals surface area (Å²) in [4.78, 5) is 16.1. The molecular formula is C24H30FN9. The van der Waals surface area contributed by atoms with E-state index in [9.17, 15) is 4.39 Å². The Hall–Kier alpha value is -3.14. The van der Waals surface area contributed by atoms with Crippen molar-refractivity contribution in [3.63, 3.8) is 0 Å². The Morgan fingerprint density at radius 1 is 1.03 bits per heavy atom. The largest absolute Gasteiger partial charge is 0.368 e. The zero-order chi connectivity index (χ0) is 23.1. The highest BCUT2D eigenvalue weighted by molar-refractivity contribution is 5.55. The molecule has 3 saturated heterocycles. The monoisotopic (exact) mass is 463 g/mol. The third-order valence-corrected chi connectivity index (χ3v) is 7.57. The average molecular weight is 464 g/mol. The second-order valence-electron chi connectivity index (χ2n) is 10.1. The van der Waals surface area contributed by atoms with Crippen LogP contribution in [0.25, 0.3) is 5.69 Å². The molecule has 3 fully saturated rings. The van der Waals surface area contributed by atoms with Crippen LogP contribution in [0.3, 0.4) is 0 Å². The molecule has 0 aliphatic carbocycles. The zero-order valence-corrected chi connectivity index (χ0v) is 19.5. The van der Waals surface area contributed by atoms with Crippen molar-refractivity contribution < 1.29 is 4.39 Å². The topological polar surface area (TPSA) is 79.1 Å². The number of hydrogen-bond acceptors (Lipinski definition) is 8. The summed E-state index contributed by atoms with van der Waals surface area (Å²) in [5.74, 6) is 1.38. The Bertz CT molecular complexity index is 1110. The Morgan fingerprint density at radius 2 is 1.79 bits per heavy atom. The molecule has 1 spiro atoms. The van der Waals surface area contributed by atoms with Crippen molar-refractivity contribution in [3.05, 3.63) is 48.3 Å². The van der Waals surface area contributed by atoms with Gasteiger partial charge in [-0.25, -0.2) is 19.0 Å². The number of tetrazole rings is 1. The van der Waals surface area contributed by atoms with E-state index in [0.29, 0.717) is 16.8 Å². The number of rotatable bonds is 6. The van der Waals surface area contributed by atoms with Gasteiger partial charge in [-0.15, -0.1) is 5.10 Å². The normalized spacial score (nSPS) is 20.4. The van der Waals surface area contributed by atoms with Crippen LogP contribution in [0.15, 0.2) is 36.9 Å². The second kappa shape index (κ2) is 8.57. The van der Waals surface area contributed by atoms with Gasteiger partial charge in [0.25, 0.3) is 0 Å². The van der Waals surface area contributed by atoms with E-state index in [4.69, 9.17) is 0 Å². The summed E-state index contributed by atoms with van der Waals surface area (Å²) in [7, 11) is 0. The van der Waals surface area contributed by atoms with E-state index in [1.54, 1.807) is 0 Å². The van der Waals surface area contributed by atoms with Crippen LogP contribution >= 0.6 is 0 Å². The number of nitrogens with zero attached hydrogens (tertiary/aromatic N) is 9. The minimum absolute atomic E-state index is 0.223. The maximum Gasteiger partial charge on any atom is 0.225 e. The first-order chi connectivity index (χ1) is 16.6. The van der Waals surface area contributed by atoms with E-state index in [0.717, 1.165) is 57.6 Å². The smallest absolute Gasteiger partial charge is 0.225 e. The lowest BCUT2D eigenvalue weighted by molar-refractivity contribution is -0.0325. The highest BCUT2D eigenvalue weighted by atomic mass is 19.1. The van der Waals surface area contributed by atoms with E-state index >= 15 is 0 Å². The SMILES string of the molecule is CCc1cnc(N2CCC(CN3CC4(C3)CN(c3ccc(-n5cnnn5)cc3F)C4)CC2)nc1. The maximum atomic E-state index is 14.7. The summed E-state index contributed by atoms with van der Waals surface area (Å²) in [6.07, 6.45) is 8.72. The van der Waals surface area contributed by atoms with E-state index in [1.165, 1.54) is 42.0 Å². The highest BCUT2D eigenvalue weighted by Crippen LogP contribution is 2.43. The molecule has 3 aliphatic heterocycles. The summed E-state index contributed by atoms with van der Waals surface area (Å²) in [5.41, 5.74) is 2.81. The Kier molecular flexibility index (Phi) is 5.40. The van der Waals surface area contributed by atoms with Gasteiger partial charge >= 0.3 is 0 Å². The van der Waals surface area contributed by atoms with Crippen LogP contribution in [0.5, 0.6) is 0 Å². The minimum atomic E-state index is -0.223. The standard InChI is InChI=1S/C24H30FN9/c1-2-18-10-26-23(27-11-18)32-7-5-19(6-8-32)12-31-13-24(14-31)15-33(16-24)22-4-3-20(9-21(22)25)34-17-28-29-30-34/h3-4,9-11,17,19H,2,5-8,12-16H2,1H3. The van der Waals surface area contributed by atoms with Gasteiger partial charge in [-0.2, -0.15) is 0 Å². The molecule has 0 unspecified atom stereocenters. The van der Waals surface area contributed by atoms with E-state index < -0.39 is 0 Å². The van der Waals surface area contributed by atoms with Gasteiger partial charge in [-0.05, 0) is 53.3 Å². The van der Waals surface area contributed by atoms with Gasteiger partial charge in [0.05, 0.1) is 11.4 Å². The number of anilines is 2. The van der Waals surface area contributed by atoms with Gasteiger partial charge in [0.2, 0.25) is 5.95 Å². The van der Waals surface area contributed by atoms with Crippen LogP contribution in [0, 0.1) is 17.2 Å². The van der Waals surface area contributed by atoms with Crippen LogP contribution in [0.1, 0.15) is 25.3 Å². The number of likely N-dealkylation sites (tertiary alicyclic amines) is 1. The van der Waals surface area contributed by atoms with Crippen molar-refractivity contribution >= 4 is 11.6 Å². The molecule has 0 amide bonds. The van der Waals surface area contributed by atoms with E-state index in [2.05, 4.69) is 47.1 Å². The van der Waals surface area contributed by atoms with Crippen LogP contribution in [-0.4, -0.2) is 80.9 Å². The molecule has 3 aromatic rings. The molecule has 34 heavy (non-hydrogen) atoms. The molecule has 0 radical (unpaired) electrons. The predicted molar refractivity (Wildman–Crippen MR) is 127 cm³/mol. The molecule has 0 bridgehead atoms. The quantitative estimate of drug-likeness (QED) is 0.551. The Balaban J connectivity index is 0.959. The number of piperidine rings is 1. The van der Waals surface area contributed by atoms with Gasteiger partial charge < -0.3 is 14.7 Å². The fourth-order valence-corrected chi connectivity index (χ4v) is 5.71. The highest BCUT2D eigenvalue weighted by Gasteiger charge is 2.52. The van der Waals surface area contributed by atoms with Crippen molar-refractivity contribution in [1.29, 1.82) is 0 Å². The van der Waals surface area contributed by atoms with Crippen LogP contribution in [0.4, 0.5) is 16.0 Å². The van der Waals surface area contributed by atoms with Crippen molar-refractivity contribution in [1.82, 2.24) is 35.1 Å². The van der Waals surface area contributed by atoms with Gasteiger partial charge in [-0.3, -0.25) is 0 Å². The predicted octanol–water partition coefficient (Wildman–Crippen LogP) is 2.19. The van der Waals surface area contributed by atoms with Gasteiger partial charge in [0.1, 0.15) is 12.1 Å². The van der Waals surface area contributed by atoms with Gasteiger partial charge in [0.15, 0.2) is 0 Å². The van der Waals surface area contributed by atoms with Crippen LogP contribution < -0.4 is 9.80 Å². The molecule has 6 rings (SSSR count). The van der Waals surface area contributed by atoms with Crippen LogP contribution in [-0.2, 0) is 6.42 Å². The van der Waals surface area contributed by atoms with Gasteiger partial charge in [-0.1, -0.05) is 6.92 Å². The summed E-state index contributed by atoms with van der Waals surface area (Å²) in [5, 5.41) is 11.0. The summed E-state index contributed by atoms with van der Waals surface area (Å²) >= 11 is 0. The molecule has 0 N–H and O–H groups in total. The molecular weight excluding hydrogens is 433 g/mol. The second-order valence-corrected chi connectivity index (χ2v) is 10.1.